The Hall–Kier alpha value is -0.0831. The van der Waals surface area contributed by atoms with Crippen molar-refractivity contribution in [3.05, 3.63) is 11.3 Å². The van der Waals surface area contributed by atoms with E-state index in [9.17, 15) is 0 Å². The second-order valence-electron chi connectivity index (χ2n) is 4.71. The first kappa shape index (κ1) is 12.0. The van der Waals surface area contributed by atoms with E-state index in [2.05, 4.69) is 26.1 Å². The van der Waals surface area contributed by atoms with E-state index in [4.69, 9.17) is 4.43 Å². The van der Waals surface area contributed by atoms with Crippen LogP contribution in [-0.2, 0) is 4.43 Å². The highest BCUT2D eigenvalue weighted by Gasteiger charge is 2.30. The molecule has 0 bridgehead atoms. The summed E-state index contributed by atoms with van der Waals surface area (Å²) in [5.74, 6) is 0. The molecular formula is C12H24OSi. The van der Waals surface area contributed by atoms with Crippen molar-refractivity contribution in [3.63, 3.8) is 0 Å². The Kier molecular flexibility index (Phi) is 4.89. The monoisotopic (exact) mass is 212 g/mol. The first-order chi connectivity index (χ1) is 6.67. The van der Waals surface area contributed by atoms with Crippen molar-refractivity contribution in [2.45, 2.75) is 58.5 Å². The lowest BCUT2D eigenvalue weighted by molar-refractivity contribution is 0.373. The Morgan fingerprint density at radius 1 is 1.21 bits per heavy atom. The fraction of sp³-hybridized carbons (Fsp3) is 0.833. The lowest BCUT2D eigenvalue weighted by atomic mass is 10.1. The van der Waals surface area contributed by atoms with E-state index in [-0.39, 0.29) is 0 Å². The fourth-order valence-corrected chi connectivity index (χ4v) is 4.05. The number of allylic oxidation sites excluding steroid dienone is 1. The molecule has 1 rings (SSSR count). The van der Waals surface area contributed by atoms with Crippen LogP contribution in [0, 0.1) is 0 Å². The number of unbranched alkanes of at least 4 members (excludes halogenated alkanes) is 4. The van der Waals surface area contributed by atoms with Crippen molar-refractivity contribution in [2.75, 3.05) is 6.61 Å². The van der Waals surface area contributed by atoms with Gasteiger partial charge in [-0.25, -0.2) is 0 Å². The van der Waals surface area contributed by atoms with Gasteiger partial charge in [0.15, 0.2) is 0 Å². The van der Waals surface area contributed by atoms with Crippen LogP contribution in [0.1, 0.15) is 45.4 Å². The molecule has 0 saturated carbocycles. The van der Waals surface area contributed by atoms with Crippen molar-refractivity contribution >= 4 is 8.32 Å². The molecule has 1 aliphatic rings. The van der Waals surface area contributed by atoms with Gasteiger partial charge in [0, 0.05) is 0 Å². The largest absolute Gasteiger partial charge is 0.410 e. The van der Waals surface area contributed by atoms with Crippen LogP contribution in [-0.4, -0.2) is 14.9 Å². The van der Waals surface area contributed by atoms with E-state index < -0.39 is 8.32 Å². The molecule has 1 heterocycles. The minimum Gasteiger partial charge on any atom is -0.410 e. The van der Waals surface area contributed by atoms with Crippen LogP contribution in [0.4, 0.5) is 0 Å². The molecule has 0 aromatic heterocycles. The number of hydrogen-bond donors (Lipinski definition) is 0. The molecule has 2 heteroatoms. The maximum atomic E-state index is 5.78. The van der Waals surface area contributed by atoms with Crippen LogP contribution < -0.4 is 0 Å². The van der Waals surface area contributed by atoms with Crippen LogP contribution in [0.25, 0.3) is 0 Å². The molecule has 1 aliphatic heterocycles. The lowest BCUT2D eigenvalue weighted by Gasteiger charge is -2.18. The molecule has 0 amide bonds. The van der Waals surface area contributed by atoms with Gasteiger partial charge >= 0.3 is 0 Å². The van der Waals surface area contributed by atoms with Gasteiger partial charge in [0.2, 0.25) is 8.32 Å². The number of rotatable bonds is 6. The maximum absolute atomic E-state index is 5.78. The summed E-state index contributed by atoms with van der Waals surface area (Å²) in [6, 6.07) is 0. The third-order valence-electron chi connectivity index (χ3n) is 3.10. The van der Waals surface area contributed by atoms with Crippen molar-refractivity contribution in [3.8, 4) is 0 Å². The van der Waals surface area contributed by atoms with Gasteiger partial charge in [-0.15, -0.1) is 0 Å². The summed E-state index contributed by atoms with van der Waals surface area (Å²) in [6.45, 7) is 7.78. The average molecular weight is 212 g/mol. The van der Waals surface area contributed by atoms with Gasteiger partial charge in [0.25, 0.3) is 0 Å². The van der Waals surface area contributed by atoms with Crippen molar-refractivity contribution in [1.82, 2.24) is 0 Å². The van der Waals surface area contributed by atoms with Crippen LogP contribution in [0.5, 0.6) is 0 Å². The quantitative estimate of drug-likeness (QED) is 0.477. The Balaban J connectivity index is 2.12. The second kappa shape index (κ2) is 5.71. The summed E-state index contributed by atoms with van der Waals surface area (Å²) in [5, 5.41) is 1.65. The topological polar surface area (TPSA) is 9.23 Å². The Morgan fingerprint density at radius 3 is 2.50 bits per heavy atom. The molecule has 1 nitrogen and oxygen atoms in total. The Labute approximate surface area is 89.7 Å². The summed E-state index contributed by atoms with van der Waals surface area (Å²) in [6.07, 6.45) is 10.5. The first-order valence-electron chi connectivity index (χ1n) is 6.00. The maximum Gasteiger partial charge on any atom is 0.214 e. The van der Waals surface area contributed by atoms with E-state index >= 15 is 0 Å². The van der Waals surface area contributed by atoms with Gasteiger partial charge in [0.05, 0.1) is 6.61 Å². The second-order valence-corrected chi connectivity index (χ2v) is 8.67. The lowest BCUT2D eigenvalue weighted by Crippen LogP contribution is -2.28. The van der Waals surface area contributed by atoms with Crippen LogP contribution in [0.15, 0.2) is 11.3 Å². The summed E-state index contributed by atoms with van der Waals surface area (Å²) in [7, 11) is -1.38. The van der Waals surface area contributed by atoms with Crippen LogP contribution in [0.2, 0.25) is 13.1 Å². The Morgan fingerprint density at radius 2 is 1.93 bits per heavy atom. The molecule has 0 aromatic carbocycles. The molecule has 0 fully saturated rings. The molecule has 0 spiro atoms. The Bertz CT molecular complexity index is 196. The summed E-state index contributed by atoms with van der Waals surface area (Å²) in [5.41, 5.74) is 0. The summed E-state index contributed by atoms with van der Waals surface area (Å²) in [4.78, 5) is 0. The molecule has 0 aliphatic carbocycles. The average Bonchev–Trinajstić information content (AvgIpc) is 2.45. The number of hydrogen-bond acceptors (Lipinski definition) is 1. The molecule has 0 saturated heterocycles. The molecular weight excluding hydrogens is 188 g/mol. The van der Waals surface area contributed by atoms with E-state index in [1.165, 1.54) is 38.5 Å². The zero-order valence-electron chi connectivity index (χ0n) is 9.94. The molecule has 14 heavy (non-hydrogen) atoms. The predicted octanol–water partition coefficient (Wildman–Crippen LogP) is 4.05. The molecule has 0 unspecified atom stereocenters. The normalized spacial score (nSPS) is 19.8. The SMILES string of the molecule is CCCCCCCC1=CCO[Si]1(C)C. The van der Waals surface area contributed by atoms with Crippen molar-refractivity contribution in [2.24, 2.45) is 0 Å². The highest BCUT2D eigenvalue weighted by atomic mass is 28.4. The van der Waals surface area contributed by atoms with Crippen molar-refractivity contribution < 1.29 is 4.43 Å². The first-order valence-corrected chi connectivity index (χ1v) is 8.91. The molecule has 82 valence electrons. The van der Waals surface area contributed by atoms with E-state index in [0.29, 0.717) is 0 Å². The third kappa shape index (κ3) is 3.58. The fourth-order valence-electron chi connectivity index (χ4n) is 2.01. The van der Waals surface area contributed by atoms with Crippen LogP contribution in [0.3, 0.4) is 0 Å². The van der Waals surface area contributed by atoms with Gasteiger partial charge in [-0.1, -0.05) is 43.9 Å². The predicted molar refractivity (Wildman–Crippen MR) is 64.9 cm³/mol. The zero-order valence-corrected chi connectivity index (χ0v) is 10.9. The minimum absolute atomic E-state index is 0.878. The smallest absolute Gasteiger partial charge is 0.214 e. The van der Waals surface area contributed by atoms with Gasteiger partial charge in [-0.2, -0.15) is 0 Å². The van der Waals surface area contributed by atoms with Gasteiger partial charge in [0.1, 0.15) is 0 Å². The molecule has 0 N–H and O–H groups in total. The third-order valence-corrected chi connectivity index (χ3v) is 5.99. The highest BCUT2D eigenvalue weighted by Crippen LogP contribution is 2.26. The molecule has 0 atom stereocenters. The zero-order chi connectivity index (χ0) is 10.4. The summed E-state index contributed by atoms with van der Waals surface area (Å²) < 4.78 is 5.78. The minimum atomic E-state index is -1.38. The highest BCUT2D eigenvalue weighted by molar-refractivity contribution is 6.79. The van der Waals surface area contributed by atoms with Crippen LogP contribution >= 0.6 is 0 Å². The van der Waals surface area contributed by atoms with E-state index in [1.54, 1.807) is 5.20 Å². The van der Waals surface area contributed by atoms with E-state index in [1.807, 2.05) is 0 Å². The molecule has 0 aromatic rings. The van der Waals surface area contributed by atoms with Gasteiger partial charge in [-0.05, 0) is 25.9 Å². The molecule has 0 radical (unpaired) electrons. The van der Waals surface area contributed by atoms with Crippen molar-refractivity contribution in [1.29, 1.82) is 0 Å². The summed E-state index contributed by atoms with van der Waals surface area (Å²) >= 11 is 0. The van der Waals surface area contributed by atoms with E-state index in [0.717, 1.165) is 6.61 Å². The van der Waals surface area contributed by atoms with Gasteiger partial charge in [-0.3, -0.25) is 0 Å². The van der Waals surface area contributed by atoms with Gasteiger partial charge < -0.3 is 4.43 Å². The standard InChI is InChI=1S/C12H24OSi/c1-4-5-6-7-8-9-12-10-11-13-14(12,2)3/h10H,4-9,11H2,1-3H3.